The summed E-state index contributed by atoms with van der Waals surface area (Å²) >= 11 is 0. The highest BCUT2D eigenvalue weighted by Crippen LogP contribution is 2.29. The molecule has 0 aromatic heterocycles. The molecule has 1 aliphatic rings. The number of carbonyl (C=O) groups excluding carboxylic acids is 2. The summed E-state index contributed by atoms with van der Waals surface area (Å²) in [7, 11) is 0. The summed E-state index contributed by atoms with van der Waals surface area (Å²) in [6.45, 7) is 0.975. The van der Waals surface area contributed by atoms with E-state index in [1.54, 1.807) is 4.90 Å². The van der Waals surface area contributed by atoms with Crippen molar-refractivity contribution in [1.29, 1.82) is 0 Å². The van der Waals surface area contributed by atoms with Crippen molar-refractivity contribution < 1.29 is 22.8 Å². The van der Waals surface area contributed by atoms with Crippen molar-refractivity contribution in [2.75, 3.05) is 11.4 Å². The molecule has 3 rings (SSSR count). The van der Waals surface area contributed by atoms with E-state index in [2.05, 4.69) is 10.6 Å². The smallest absolute Gasteiger partial charge is 0.334 e. The maximum absolute atomic E-state index is 12.7. The Morgan fingerprint density at radius 1 is 1.00 bits per heavy atom. The van der Waals surface area contributed by atoms with E-state index in [1.807, 2.05) is 24.3 Å². The molecule has 0 atom stereocenters. The van der Waals surface area contributed by atoms with Gasteiger partial charge in [-0.3, -0.25) is 4.79 Å². The molecule has 8 heteroatoms. The van der Waals surface area contributed by atoms with Crippen LogP contribution in [0.1, 0.15) is 29.5 Å². The fourth-order valence-corrected chi connectivity index (χ4v) is 3.00. The van der Waals surface area contributed by atoms with Crippen LogP contribution in [-0.4, -0.2) is 18.5 Å². The third-order valence-corrected chi connectivity index (χ3v) is 4.48. The Hall–Kier alpha value is -3.03. The first-order valence-electron chi connectivity index (χ1n) is 8.90. The number of rotatable bonds is 5. The van der Waals surface area contributed by atoms with Crippen molar-refractivity contribution in [3.63, 3.8) is 0 Å². The third-order valence-electron chi connectivity index (χ3n) is 4.48. The largest absolute Gasteiger partial charge is 0.416 e. The van der Waals surface area contributed by atoms with Gasteiger partial charge in [0.2, 0.25) is 5.91 Å². The van der Waals surface area contributed by atoms with Gasteiger partial charge in [-0.05, 0) is 41.8 Å². The first kappa shape index (κ1) is 19.7. The SMILES string of the molecule is O=C(NCc1ccc(N2CCCC2=O)cc1)NCc1cccc(C(F)(F)F)c1. The molecule has 0 bridgehead atoms. The van der Waals surface area contributed by atoms with Crippen LogP contribution in [0.15, 0.2) is 48.5 Å². The predicted molar refractivity (Wildman–Crippen MR) is 98.5 cm³/mol. The van der Waals surface area contributed by atoms with Crippen LogP contribution in [0.5, 0.6) is 0 Å². The highest BCUT2D eigenvalue weighted by molar-refractivity contribution is 5.95. The summed E-state index contributed by atoms with van der Waals surface area (Å²) in [5, 5.41) is 5.20. The van der Waals surface area contributed by atoms with Crippen molar-refractivity contribution in [2.24, 2.45) is 0 Å². The zero-order valence-electron chi connectivity index (χ0n) is 15.1. The molecule has 148 valence electrons. The van der Waals surface area contributed by atoms with Crippen LogP contribution < -0.4 is 15.5 Å². The molecule has 0 spiro atoms. The second-order valence-electron chi connectivity index (χ2n) is 6.55. The Bertz CT molecular complexity index is 851. The monoisotopic (exact) mass is 391 g/mol. The molecule has 2 N–H and O–H groups in total. The van der Waals surface area contributed by atoms with Gasteiger partial charge >= 0.3 is 12.2 Å². The molecular formula is C20H20F3N3O2. The molecule has 1 fully saturated rings. The number of benzene rings is 2. The van der Waals surface area contributed by atoms with E-state index in [1.165, 1.54) is 12.1 Å². The molecule has 0 unspecified atom stereocenters. The zero-order valence-corrected chi connectivity index (χ0v) is 15.1. The van der Waals surface area contributed by atoms with E-state index in [0.29, 0.717) is 18.5 Å². The van der Waals surface area contributed by atoms with Crippen molar-refractivity contribution in [3.05, 3.63) is 65.2 Å². The Morgan fingerprint density at radius 3 is 2.29 bits per heavy atom. The molecule has 1 aliphatic heterocycles. The standard InChI is InChI=1S/C20H20F3N3O2/c21-20(22,23)16-4-1-3-15(11-16)13-25-19(28)24-12-14-6-8-17(9-7-14)26-10-2-5-18(26)27/h1,3-4,6-9,11H,2,5,10,12-13H2,(H2,24,25,28). The van der Waals surface area contributed by atoms with Crippen molar-refractivity contribution in [3.8, 4) is 0 Å². The van der Waals surface area contributed by atoms with E-state index in [-0.39, 0.29) is 19.0 Å². The highest BCUT2D eigenvalue weighted by atomic mass is 19.4. The van der Waals surface area contributed by atoms with Gasteiger partial charge in [0.25, 0.3) is 0 Å². The molecule has 3 amide bonds. The first-order chi connectivity index (χ1) is 13.3. The summed E-state index contributed by atoms with van der Waals surface area (Å²) < 4.78 is 38.1. The van der Waals surface area contributed by atoms with Crippen molar-refractivity contribution >= 4 is 17.6 Å². The van der Waals surface area contributed by atoms with Gasteiger partial charge in [0.05, 0.1) is 5.56 Å². The quantitative estimate of drug-likeness (QED) is 0.814. The van der Waals surface area contributed by atoms with Gasteiger partial charge in [0.15, 0.2) is 0 Å². The van der Waals surface area contributed by atoms with Gasteiger partial charge in [-0.1, -0.05) is 24.3 Å². The van der Waals surface area contributed by atoms with Crippen LogP contribution >= 0.6 is 0 Å². The molecule has 0 radical (unpaired) electrons. The normalized spacial score (nSPS) is 14.2. The van der Waals surface area contributed by atoms with Crippen LogP contribution in [0.4, 0.5) is 23.7 Å². The minimum absolute atomic E-state index is 0.00817. The average Bonchev–Trinajstić information content (AvgIpc) is 3.10. The fourth-order valence-electron chi connectivity index (χ4n) is 3.00. The van der Waals surface area contributed by atoms with E-state index in [9.17, 15) is 22.8 Å². The topological polar surface area (TPSA) is 61.4 Å². The maximum atomic E-state index is 12.7. The average molecular weight is 391 g/mol. The number of amides is 3. The number of nitrogens with one attached hydrogen (secondary N) is 2. The Morgan fingerprint density at radius 2 is 1.68 bits per heavy atom. The van der Waals surface area contributed by atoms with Gasteiger partial charge in [-0.15, -0.1) is 0 Å². The van der Waals surface area contributed by atoms with Gasteiger partial charge in [0, 0.05) is 31.7 Å². The second kappa shape index (κ2) is 8.33. The van der Waals surface area contributed by atoms with Crippen LogP contribution in [-0.2, 0) is 24.1 Å². The Kier molecular flexibility index (Phi) is 5.87. The lowest BCUT2D eigenvalue weighted by atomic mass is 10.1. The highest BCUT2D eigenvalue weighted by Gasteiger charge is 2.30. The number of hydrogen-bond acceptors (Lipinski definition) is 2. The minimum Gasteiger partial charge on any atom is -0.334 e. The molecule has 0 saturated carbocycles. The zero-order chi connectivity index (χ0) is 20.1. The number of anilines is 1. The van der Waals surface area contributed by atoms with Gasteiger partial charge in [-0.2, -0.15) is 13.2 Å². The minimum atomic E-state index is -4.41. The lowest BCUT2D eigenvalue weighted by Gasteiger charge is -2.16. The van der Waals surface area contributed by atoms with E-state index < -0.39 is 17.8 Å². The van der Waals surface area contributed by atoms with Gasteiger partial charge in [-0.25, -0.2) is 4.79 Å². The summed E-state index contributed by atoms with van der Waals surface area (Å²) in [5.41, 5.74) is 1.30. The van der Waals surface area contributed by atoms with Crippen molar-refractivity contribution in [1.82, 2.24) is 10.6 Å². The summed E-state index contributed by atoms with van der Waals surface area (Å²) in [6, 6.07) is 11.7. The van der Waals surface area contributed by atoms with Crippen LogP contribution in [0, 0.1) is 0 Å². The molecule has 1 saturated heterocycles. The van der Waals surface area contributed by atoms with Gasteiger partial charge in [0.1, 0.15) is 0 Å². The summed E-state index contributed by atoms with van der Waals surface area (Å²) in [6.07, 6.45) is -2.99. The Balaban J connectivity index is 1.47. The number of alkyl halides is 3. The molecule has 2 aromatic rings. The summed E-state index contributed by atoms with van der Waals surface area (Å²) in [5.74, 6) is 0.111. The number of carbonyl (C=O) groups is 2. The number of urea groups is 1. The lowest BCUT2D eigenvalue weighted by Crippen LogP contribution is -2.34. The van der Waals surface area contributed by atoms with E-state index >= 15 is 0 Å². The van der Waals surface area contributed by atoms with Crippen LogP contribution in [0.3, 0.4) is 0 Å². The molecule has 1 heterocycles. The number of halogens is 3. The maximum Gasteiger partial charge on any atom is 0.416 e. The predicted octanol–water partition coefficient (Wildman–Crippen LogP) is 3.83. The van der Waals surface area contributed by atoms with Crippen molar-refractivity contribution in [2.45, 2.75) is 32.1 Å². The second-order valence-corrected chi connectivity index (χ2v) is 6.55. The third kappa shape index (κ3) is 5.03. The molecule has 5 nitrogen and oxygen atoms in total. The van der Waals surface area contributed by atoms with Gasteiger partial charge < -0.3 is 15.5 Å². The molecule has 28 heavy (non-hydrogen) atoms. The summed E-state index contributed by atoms with van der Waals surface area (Å²) in [4.78, 5) is 25.4. The molecule has 2 aromatic carbocycles. The number of nitrogens with zero attached hydrogens (tertiary/aromatic N) is 1. The van der Waals surface area contributed by atoms with Crippen LogP contribution in [0.2, 0.25) is 0 Å². The molecular weight excluding hydrogens is 371 g/mol. The lowest BCUT2D eigenvalue weighted by molar-refractivity contribution is -0.137. The van der Waals surface area contributed by atoms with E-state index in [0.717, 1.165) is 29.8 Å². The fraction of sp³-hybridized carbons (Fsp3) is 0.300. The van der Waals surface area contributed by atoms with E-state index in [4.69, 9.17) is 0 Å². The number of hydrogen-bond donors (Lipinski definition) is 2. The van der Waals surface area contributed by atoms with Crippen LogP contribution in [0.25, 0.3) is 0 Å². The first-order valence-corrected chi connectivity index (χ1v) is 8.90. The molecule has 0 aliphatic carbocycles. The Labute approximate surface area is 160 Å².